The lowest BCUT2D eigenvalue weighted by Crippen LogP contribution is -2.39. The van der Waals surface area contributed by atoms with E-state index in [1.807, 2.05) is 12.1 Å². The molecule has 5 rings (SSSR count). The molecule has 10 nitrogen and oxygen atoms in total. The molecule has 2 aliphatic heterocycles. The van der Waals surface area contributed by atoms with Crippen molar-refractivity contribution in [2.75, 3.05) is 83.2 Å². The van der Waals surface area contributed by atoms with Gasteiger partial charge < -0.3 is 23.8 Å². The number of rotatable bonds is 8. The Labute approximate surface area is 206 Å². The van der Waals surface area contributed by atoms with Gasteiger partial charge in [0, 0.05) is 44.4 Å². The molecule has 35 heavy (non-hydrogen) atoms. The van der Waals surface area contributed by atoms with Gasteiger partial charge >= 0.3 is 6.01 Å². The van der Waals surface area contributed by atoms with Crippen LogP contribution >= 0.6 is 0 Å². The predicted octanol–water partition coefficient (Wildman–Crippen LogP) is 2.19. The minimum absolute atomic E-state index is 0.360. The first-order valence-electron chi connectivity index (χ1n) is 12.4. The molecule has 1 aromatic carbocycles. The maximum Gasteiger partial charge on any atom is 0.320 e. The molecule has 0 radical (unpaired) electrons. The smallest absolute Gasteiger partial charge is 0.320 e. The summed E-state index contributed by atoms with van der Waals surface area (Å²) < 4.78 is 22.3. The maximum absolute atomic E-state index is 5.99. The molecule has 3 aliphatic rings. The van der Waals surface area contributed by atoms with Gasteiger partial charge in [0.2, 0.25) is 0 Å². The molecular weight excluding hydrogens is 448 g/mol. The van der Waals surface area contributed by atoms with Crippen molar-refractivity contribution < 1.29 is 18.9 Å². The highest BCUT2D eigenvalue weighted by atomic mass is 16.5. The molecule has 0 amide bonds. The van der Waals surface area contributed by atoms with Crippen LogP contribution in [0.3, 0.4) is 0 Å². The van der Waals surface area contributed by atoms with E-state index < -0.39 is 0 Å². The zero-order valence-corrected chi connectivity index (χ0v) is 20.4. The van der Waals surface area contributed by atoms with E-state index in [1.54, 1.807) is 7.11 Å². The fourth-order valence-corrected chi connectivity index (χ4v) is 4.59. The van der Waals surface area contributed by atoms with Crippen LogP contribution in [-0.4, -0.2) is 93.4 Å². The molecule has 0 atom stereocenters. The van der Waals surface area contributed by atoms with Gasteiger partial charge in [-0.2, -0.15) is 15.1 Å². The first-order chi connectivity index (χ1) is 17.3. The molecule has 10 heteroatoms. The number of hydrogen-bond acceptors (Lipinski definition) is 10. The van der Waals surface area contributed by atoms with E-state index in [-0.39, 0.29) is 0 Å². The Morgan fingerprint density at radius 2 is 1.80 bits per heavy atom. The standard InChI is InChI=1S/C25H34N6O4/c1-32-20-5-6-21-19(17-20)3-2-4-22(21)28-29-23-18-24(31-10-14-34-15-11-31)27-25(26-23)35-16-9-30-7-12-33-13-8-30/h5-6,17-18H,2-4,7-16H2,1H3,(H,26,27,29)/b28-22+. The lowest BCUT2D eigenvalue weighted by Gasteiger charge is -2.28. The molecule has 2 fully saturated rings. The van der Waals surface area contributed by atoms with Crippen LogP contribution in [0.25, 0.3) is 0 Å². The van der Waals surface area contributed by atoms with Crippen molar-refractivity contribution in [1.82, 2.24) is 14.9 Å². The summed E-state index contributed by atoms with van der Waals surface area (Å²) in [7, 11) is 1.70. The topological polar surface area (TPSA) is 93.6 Å². The average Bonchev–Trinajstić information content (AvgIpc) is 2.92. The molecule has 1 aromatic heterocycles. The van der Waals surface area contributed by atoms with Gasteiger partial charge in [0.1, 0.15) is 18.2 Å². The van der Waals surface area contributed by atoms with Crippen molar-refractivity contribution in [1.29, 1.82) is 0 Å². The second-order valence-corrected chi connectivity index (χ2v) is 8.84. The van der Waals surface area contributed by atoms with Crippen LogP contribution in [0.15, 0.2) is 29.4 Å². The van der Waals surface area contributed by atoms with Crippen molar-refractivity contribution in [3.63, 3.8) is 0 Å². The summed E-state index contributed by atoms with van der Waals surface area (Å²) in [5.41, 5.74) is 6.63. The quantitative estimate of drug-likeness (QED) is 0.568. The maximum atomic E-state index is 5.99. The van der Waals surface area contributed by atoms with Gasteiger partial charge in [0.25, 0.3) is 0 Å². The van der Waals surface area contributed by atoms with E-state index in [0.29, 0.717) is 31.6 Å². The fraction of sp³-hybridized carbons (Fsp3) is 0.560. The minimum atomic E-state index is 0.360. The highest BCUT2D eigenvalue weighted by molar-refractivity contribution is 6.03. The van der Waals surface area contributed by atoms with Gasteiger partial charge in [-0.1, -0.05) is 0 Å². The van der Waals surface area contributed by atoms with Crippen molar-refractivity contribution in [3.8, 4) is 11.8 Å². The van der Waals surface area contributed by atoms with Gasteiger partial charge in [-0.3, -0.25) is 10.3 Å². The van der Waals surface area contributed by atoms with Crippen LogP contribution in [0, 0.1) is 0 Å². The second-order valence-electron chi connectivity index (χ2n) is 8.84. The number of fused-ring (bicyclic) bond motifs is 1. The first-order valence-corrected chi connectivity index (χ1v) is 12.4. The molecule has 3 heterocycles. The molecule has 0 spiro atoms. The average molecular weight is 483 g/mol. The lowest BCUT2D eigenvalue weighted by molar-refractivity contribution is 0.0317. The zero-order chi connectivity index (χ0) is 23.9. The number of nitrogens with zero attached hydrogens (tertiary/aromatic N) is 5. The molecule has 0 unspecified atom stereocenters. The van der Waals surface area contributed by atoms with E-state index in [9.17, 15) is 0 Å². The fourth-order valence-electron chi connectivity index (χ4n) is 4.59. The normalized spacial score (nSPS) is 19.9. The number of ether oxygens (including phenoxy) is 4. The largest absolute Gasteiger partial charge is 0.497 e. The second kappa shape index (κ2) is 11.7. The van der Waals surface area contributed by atoms with E-state index in [2.05, 4.69) is 37.3 Å². The Hall–Kier alpha value is -2.95. The number of nitrogens with one attached hydrogen (secondary N) is 1. The first kappa shape index (κ1) is 23.8. The Bertz CT molecular complexity index is 1020. The molecule has 2 saturated heterocycles. The number of morpholine rings is 2. The molecule has 1 N–H and O–H groups in total. The summed E-state index contributed by atoms with van der Waals surface area (Å²) in [5, 5.41) is 4.75. The van der Waals surface area contributed by atoms with Crippen LogP contribution in [-0.2, 0) is 15.9 Å². The van der Waals surface area contributed by atoms with Gasteiger partial charge in [-0.05, 0) is 43.0 Å². The van der Waals surface area contributed by atoms with Crippen LogP contribution in [0.4, 0.5) is 11.6 Å². The SMILES string of the molecule is COc1ccc2c(c1)CCC/C2=N\Nc1cc(N2CCOCC2)nc(OCCN2CCOCC2)n1. The van der Waals surface area contributed by atoms with E-state index >= 15 is 0 Å². The Morgan fingerprint density at radius 1 is 1.00 bits per heavy atom. The summed E-state index contributed by atoms with van der Waals surface area (Å²) >= 11 is 0. The molecule has 188 valence electrons. The van der Waals surface area contributed by atoms with Crippen LogP contribution < -0.4 is 19.8 Å². The third-order valence-corrected chi connectivity index (χ3v) is 6.56. The van der Waals surface area contributed by atoms with Crippen molar-refractivity contribution >= 4 is 17.3 Å². The van der Waals surface area contributed by atoms with Gasteiger partial charge in [-0.15, -0.1) is 0 Å². The van der Waals surface area contributed by atoms with Gasteiger partial charge in [-0.25, -0.2) is 0 Å². The predicted molar refractivity (Wildman–Crippen MR) is 134 cm³/mol. The molecule has 0 bridgehead atoms. The van der Waals surface area contributed by atoms with Crippen molar-refractivity contribution in [2.24, 2.45) is 5.10 Å². The molecule has 1 aliphatic carbocycles. The van der Waals surface area contributed by atoms with Crippen molar-refractivity contribution in [2.45, 2.75) is 19.3 Å². The number of aryl methyl sites for hydroxylation is 1. The minimum Gasteiger partial charge on any atom is -0.497 e. The summed E-state index contributed by atoms with van der Waals surface area (Å²) in [5.74, 6) is 2.32. The Morgan fingerprint density at radius 3 is 2.60 bits per heavy atom. The number of hydrazone groups is 1. The third-order valence-electron chi connectivity index (χ3n) is 6.56. The zero-order valence-electron chi connectivity index (χ0n) is 20.4. The molecule has 2 aromatic rings. The summed E-state index contributed by atoms with van der Waals surface area (Å²) in [6.45, 7) is 7.67. The number of hydrogen-bond donors (Lipinski definition) is 1. The van der Waals surface area contributed by atoms with Crippen molar-refractivity contribution in [3.05, 3.63) is 35.4 Å². The summed E-state index contributed by atoms with van der Waals surface area (Å²) in [6, 6.07) is 8.47. The lowest BCUT2D eigenvalue weighted by atomic mass is 9.90. The molecular formula is C25H34N6O4. The number of anilines is 2. The van der Waals surface area contributed by atoms with E-state index in [4.69, 9.17) is 24.0 Å². The summed E-state index contributed by atoms with van der Waals surface area (Å²) in [6.07, 6.45) is 3.00. The monoisotopic (exact) mass is 482 g/mol. The van der Waals surface area contributed by atoms with Gasteiger partial charge in [0.05, 0.1) is 39.2 Å². The van der Waals surface area contributed by atoms with Crippen LogP contribution in [0.1, 0.15) is 24.0 Å². The highest BCUT2D eigenvalue weighted by Gasteiger charge is 2.19. The number of benzene rings is 1. The highest BCUT2D eigenvalue weighted by Crippen LogP contribution is 2.26. The Balaban J connectivity index is 1.32. The van der Waals surface area contributed by atoms with E-state index in [0.717, 1.165) is 88.0 Å². The number of aromatic nitrogens is 2. The van der Waals surface area contributed by atoms with Crippen LogP contribution in [0.2, 0.25) is 0 Å². The van der Waals surface area contributed by atoms with E-state index in [1.165, 1.54) is 5.56 Å². The van der Waals surface area contributed by atoms with Gasteiger partial charge in [0.15, 0.2) is 5.82 Å². The summed E-state index contributed by atoms with van der Waals surface area (Å²) in [4.78, 5) is 13.8. The third kappa shape index (κ3) is 6.19. The molecule has 0 saturated carbocycles. The Kier molecular flexibility index (Phi) is 7.92. The van der Waals surface area contributed by atoms with Crippen LogP contribution in [0.5, 0.6) is 11.8 Å². The number of methoxy groups -OCH3 is 1.